The lowest BCUT2D eigenvalue weighted by Gasteiger charge is -2.22. The molecule has 0 saturated carbocycles. The van der Waals surface area contributed by atoms with E-state index < -0.39 is 30.3 Å². The molecule has 0 aliphatic carbocycles. The number of aryl methyl sites for hydroxylation is 3. The van der Waals surface area contributed by atoms with Gasteiger partial charge < -0.3 is 9.47 Å². The standard InChI is InChI=1S/C29H37NO10S3/c1-24-4-10-27(11-5-24)41(31,32)30(16-18-37-20-22-39-42(33,34)28-12-6-25(2)7-13-28)17-19-38-21-23-40-43(35,36)29-14-8-26(3)9-15-29/h4-15H,16-23H2,1-3H3. The Morgan fingerprint density at radius 1 is 0.465 bits per heavy atom. The summed E-state index contributed by atoms with van der Waals surface area (Å²) < 4.78 is 98.0. The van der Waals surface area contributed by atoms with Gasteiger partial charge in [-0.25, -0.2) is 8.42 Å². The van der Waals surface area contributed by atoms with E-state index in [-0.39, 0.29) is 67.4 Å². The van der Waals surface area contributed by atoms with Crippen molar-refractivity contribution in [2.24, 2.45) is 0 Å². The van der Waals surface area contributed by atoms with Crippen molar-refractivity contribution in [2.75, 3.05) is 52.7 Å². The molecule has 236 valence electrons. The minimum Gasteiger partial charge on any atom is -0.378 e. The summed E-state index contributed by atoms with van der Waals surface area (Å²) in [5, 5.41) is 0. The third kappa shape index (κ3) is 10.8. The highest BCUT2D eigenvalue weighted by molar-refractivity contribution is 7.89. The van der Waals surface area contributed by atoms with Crippen molar-refractivity contribution in [1.29, 1.82) is 0 Å². The topological polar surface area (TPSA) is 143 Å². The van der Waals surface area contributed by atoms with Gasteiger partial charge in [0.1, 0.15) is 0 Å². The van der Waals surface area contributed by atoms with E-state index in [4.69, 9.17) is 17.8 Å². The lowest BCUT2D eigenvalue weighted by molar-refractivity contribution is 0.0763. The van der Waals surface area contributed by atoms with Crippen LogP contribution in [-0.4, -0.2) is 82.3 Å². The first-order valence-electron chi connectivity index (χ1n) is 13.5. The molecule has 3 aromatic rings. The smallest absolute Gasteiger partial charge is 0.297 e. The average molecular weight is 656 g/mol. The summed E-state index contributed by atoms with van der Waals surface area (Å²) in [7, 11) is -11.8. The molecule has 0 spiro atoms. The second-order valence-corrected chi connectivity index (χ2v) is 14.8. The number of nitrogens with zero attached hydrogens (tertiary/aromatic N) is 1. The zero-order valence-electron chi connectivity index (χ0n) is 24.3. The predicted molar refractivity (Wildman–Crippen MR) is 160 cm³/mol. The van der Waals surface area contributed by atoms with E-state index >= 15 is 0 Å². The molecular weight excluding hydrogens is 619 g/mol. The molecule has 0 aliphatic rings. The summed E-state index contributed by atoms with van der Waals surface area (Å²) in [6.07, 6.45) is 0. The van der Waals surface area contributed by atoms with E-state index in [1.54, 1.807) is 36.4 Å². The van der Waals surface area contributed by atoms with Crippen LogP contribution in [0.4, 0.5) is 0 Å². The van der Waals surface area contributed by atoms with Crippen LogP contribution in [0.5, 0.6) is 0 Å². The maximum absolute atomic E-state index is 13.3. The number of ether oxygens (including phenoxy) is 2. The van der Waals surface area contributed by atoms with Crippen LogP contribution in [0.15, 0.2) is 87.5 Å². The first-order chi connectivity index (χ1) is 20.3. The van der Waals surface area contributed by atoms with Gasteiger partial charge in [-0.3, -0.25) is 8.37 Å². The van der Waals surface area contributed by atoms with Crippen LogP contribution >= 0.6 is 0 Å². The Morgan fingerprint density at radius 2 is 0.791 bits per heavy atom. The molecule has 0 bridgehead atoms. The molecule has 0 amide bonds. The van der Waals surface area contributed by atoms with Crippen LogP contribution in [-0.2, 0) is 48.1 Å². The summed E-state index contributed by atoms with van der Waals surface area (Å²) in [5.74, 6) is 0. The van der Waals surface area contributed by atoms with E-state index in [0.717, 1.165) is 16.7 Å². The van der Waals surface area contributed by atoms with E-state index in [0.29, 0.717) is 0 Å². The molecule has 0 aliphatic heterocycles. The molecule has 0 aromatic heterocycles. The van der Waals surface area contributed by atoms with Gasteiger partial charge in [-0.1, -0.05) is 53.1 Å². The second kappa shape index (κ2) is 15.9. The van der Waals surface area contributed by atoms with Crippen LogP contribution in [0, 0.1) is 20.8 Å². The molecule has 0 heterocycles. The fraction of sp³-hybridized carbons (Fsp3) is 0.379. The highest BCUT2D eigenvalue weighted by atomic mass is 32.2. The van der Waals surface area contributed by atoms with E-state index in [1.165, 1.54) is 40.7 Å². The number of hydrogen-bond acceptors (Lipinski definition) is 10. The zero-order chi connectivity index (χ0) is 31.5. The zero-order valence-corrected chi connectivity index (χ0v) is 26.8. The van der Waals surface area contributed by atoms with Gasteiger partial charge in [0.25, 0.3) is 20.2 Å². The Hall–Kier alpha value is -2.69. The minimum atomic E-state index is -3.94. The fourth-order valence-electron chi connectivity index (χ4n) is 3.70. The second-order valence-electron chi connectivity index (χ2n) is 9.62. The average Bonchev–Trinajstić information content (AvgIpc) is 2.96. The van der Waals surface area contributed by atoms with Crippen molar-refractivity contribution in [3.63, 3.8) is 0 Å². The Morgan fingerprint density at radius 3 is 1.14 bits per heavy atom. The molecule has 0 saturated heterocycles. The first-order valence-corrected chi connectivity index (χ1v) is 17.7. The van der Waals surface area contributed by atoms with Crippen LogP contribution in [0.25, 0.3) is 0 Å². The highest BCUT2D eigenvalue weighted by Gasteiger charge is 2.24. The van der Waals surface area contributed by atoms with Crippen molar-refractivity contribution >= 4 is 30.3 Å². The SMILES string of the molecule is Cc1ccc(S(=O)(=O)OCCOCCN(CCOCCOS(=O)(=O)c2ccc(C)cc2)S(=O)(=O)c2ccc(C)cc2)cc1. The molecule has 3 aromatic carbocycles. The predicted octanol–water partition coefficient (Wildman–Crippen LogP) is 3.45. The molecule has 0 unspecified atom stereocenters. The van der Waals surface area contributed by atoms with Crippen molar-refractivity contribution < 1.29 is 43.1 Å². The van der Waals surface area contributed by atoms with Gasteiger partial charge in [0.15, 0.2) is 0 Å². The summed E-state index contributed by atoms with van der Waals surface area (Å²) in [4.78, 5) is 0.163. The molecule has 0 radical (unpaired) electrons. The Labute approximate surface area is 254 Å². The van der Waals surface area contributed by atoms with Gasteiger partial charge in [-0.15, -0.1) is 0 Å². The number of sulfonamides is 1. The maximum Gasteiger partial charge on any atom is 0.297 e. The molecule has 0 N–H and O–H groups in total. The van der Waals surface area contributed by atoms with Crippen LogP contribution in [0.1, 0.15) is 16.7 Å². The van der Waals surface area contributed by atoms with Crippen molar-refractivity contribution in [3.8, 4) is 0 Å². The molecule has 3 rings (SSSR count). The molecule has 0 atom stereocenters. The molecular formula is C29H37NO10S3. The third-order valence-corrected chi connectivity index (χ3v) is 10.7. The largest absolute Gasteiger partial charge is 0.378 e. The summed E-state index contributed by atoms with van der Waals surface area (Å²) in [5.41, 5.74) is 2.73. The van der Waals surface area contributed by atoms with E-state index in [1.807, 2.05) is 20.8 Å². The van der Waals surface area contributed by atoms with Gasteiger partial charge in [-0.05, 0) is 57.2 Å². The monoisotopic (exact) mass is 655 g/mol. The number of hydrogen-bond donors (Lipinski definition) is 0. The summed E-state index contributed by atoms with van der Waals surface area (Å²) >= 11 is 0. The Kier molecular flexibility index (Phi) is 12.8. The van der Waals surface area contributed by atoms with Gasteiger partial charge in [0.2, 0.25) is 10.0 Å². The van der Waals surface area contributed by atoms with Gasteiger partial charge in [0, 0.05) is 13.1 Å². The van der Waals surface area contributed by atoms with Crippen LogP contribution < -0.4 is 0 Å². The van der Waals surface area contributed by atoms with Gasteiger partial charge >= 0.3 is 0 Å². The van der Waals surface area contributed by atoms with Crippen LogP contribution in [0.3, 0.4) is 0 Å². The molecule has 43 heavy (non-hydrogen) atoms. The molecule has 14 heteroatoms. The number of benzene rings is 3. The quantitative estimate of drug-likeness (QED) is 0.148. The first kappa shape index (κ1) is 34.8. The lowest BCUT2D eigenvalue weighted by atomic mass is 10.2. The number of rotatable bonds is 18. The summed E-state index contributed by atoms with van der Waals surface area (Å²) in [6, 6.07) is 18.9. The normalized spacial score (nSPS) is 12.6. The van der Waals surface area contributed by atoms with Crippen molar-refractivity contribution in [1.82, 2.24) is 4.31 Å². The summed E-state index contributed by atoms with van der Waals surface area (Å²) in [6.45, 7) is 4.75. The third-order valence-electron chi connectivity index (χ3n) is 6.18. The Bertz CT molecular complexity index is 1530. The Balaban J connectivity index is 1.49. The minimum absolute atomic E-state index is 0.0308. The van der Waals surface area contributed by atoms with Gasteiger partial charge in [-0.2, -0.15) is 21.1 Å². The lowest BCUT2D eigenvalue weighted by Crippen LogP contribution is -2.37. The van der Waals surface area contributed by atoms with Crippen molar-refractivity contribution in [2.45, 2.75) is 35.5 Å². The maximum atomic E-state index is 13.3. The van der Waals surface area contributed by atoms with E-state index in [9.17, 15) is 25.3 Å². The molecule has 0 fully saturated rings. The fourth-order valence-corrected chi connectivity index (χ4v) is 6.89. The van der Waals surface area contributed by atoms with Crippen LogP contribution in [0.2, 0.25) is 0 Å². The van der Waals surface area contributed by atoms with E-state index in [2.05, 4.69) is 0 Å². The highest BCUT2D eigenvalue weighted by Crippen LogP contribution is 2.17. The van der Waals surface area contributed by atoms with Gasteiger partial charge in [0.05, 0.1) is 54.3 Å². The van der Waals surface area contributed by atoms with Crippen molar-refractivity contribution in [3.05, 3.63) is 89.5 Å². The molecule has 11 nitrogen and oxygen atoms in total.